The standard InChI is InChI=1S/C11H18N2O2S/c1-5-11(3,4)6-12-10-13-8(9(14)15)7(2)16-10/h5-6H2,1-4H3,(H,12,13)(H,14,15). The number of rotatable bonds is 5. The molecule has 0 spiro atoms. The van der Waals surface area contributed by atoms with Crippen LogP contribution >= 0.6 is 11.3 Å². The molecule has 0 aromatic carbocycles. The zero-order chi connectivity index (χ0) is 12.3. The van der Waals surface area contributed by atoms with Crippen LogP contribution < -0.4 is 5.32 Å². The van der Waals surface area contributed by atoms with Crippen molar-refractivity contribution in [3.63, 3.8) is 0 Å². The molecule has 0 fully saturated rings. The number of thiazole rings is 1. The molecular weight excluding hydrogens is 224 g/mol. The molecule has 0 amide bonds. The van der Waals surface area contributed by atoms with Crippen LogP contribution in [0.5, 0.6) is 0 Å². The van der Waals surface area contributed by atoms with Gasteiger partial charge in [0.25, 0.3) is 0 Å². The second-order valence-electron chi connectivity index (χ2n) is 4.60. The Morgan fingerprint density at radius 2 is 2.19 bits per heavy atom. The monoisotopic (exact) mass is 242 g/mol. The van der Waals surface area contributed by atoms with Crippen LogP contribution in [0.4, 0.5) is 5.13 Å². The molecule has 0 atom stereocenters. The number of hydrogen-bond acceptors (Lipinski definition) is 4. The minimum atomic E-state index is -0.962. The maximum Gasteiger partial charge on any atom is 0.355 e. The first kappa shape index (κ1) is 13.0. The highest BCUT2D eigenvalue weighted by molar-refractivity contribution is 7.15. The van der Waals surface area contributed by atoms with Gasteiger partial charge in [-0.2, -0.15) is 0 Å². The fourth-order valence-corrected chi connectivity index (χ4v) is 1.91. The fraction of sp³-hybridized carbons (Fsp3) is 0.636. The third-order valence-electron chi connectivity index (χ3n) is 2.67. The molecule has 0 aliphatic rings. The molecule has 0 aliphatic heterocycles. The summed E-state index contributed by atoms with van der Waals surface area (Å²) >= 11 is 1.39. The smallest absolute Gasteiger partial charge is 0.355 e. The summed E-state index contributed by atoms with van der Waals surface area (Å²) < 4.78 is 0. The van der Waals surface area contributed by atoms with Gasteiger partial charge in [0.2, 0.25) is 0 Å². The third kappa shape index (κ3) is 3.20. The van der Waals surface area contributed by atoms with E-state index in [1.54, 1.807) is 6.92 Å². The predicted octanol–water partition coefficient (Wildman–Crippen LogP) is 3.00. The molecule has 0 unspecified atom stereocenters. The average molecular weight is 242 g/mol. The highest BCUT2D eigenvalue weighted by Gasteiger charge is 2.17. The van der Waals surface area contributed by atoms with Gasteiger partial charge in [0.1, 0.15) is 0 Å². The van der Waals surface area contributed by atoms with Gasteiger partial charge in [0, 0.05) is 11.4 Å². The molecule has 5 heteroatoms. The Balaban J connectivity index is 2.69. The minimum absolute atomic E-state index is 0.154. The molecule has 0 bridgehead atoms. The summed E-state index contributed by atoms with van der Waals surface area (Å²) in [6.07, 6.45) is 1.07. The summed E-state index contributed by atoms with van der Waals surface area (Å²) in [5, 5.41) is 12.8. The number of nitrogens with zero attached hydrogens (tertiary/aromatic N) is 1. The first-order valence-corrected chi connectivity index (χ1v) is 6.12. The van der Waals surface area contributed by atoms with Crippen LogP contribution in [0.2, 0.25) is 0 Å². The Kier molecular flexibility index (Phi) is 3.91. The zero-order valence-electron chi connectivity index (χ0n) is 10.1. The minimum Gasteiger partial charge on any atom is -0.476 e. The second-order valence-corrected chi connectivity index (χ2v) is 5.80. The van der Waals surface area contributed by atoms with Gasteiger partial charge in [0.15, 0.2) is 10.8 Å². The van der Waals surface area contributed by atoms with Gasteiger partial charge in [-0.05, 0) is 18.8 Å². The number of aromatic nitrogens is 1. The Labute approximate surface area is 99.7 Å². The maximum absolute atomic E-state index is 10.8. The van der Waals surface area contributed by atoms with Crippen molar-refractivity contribution in [3.05, 3.63) is 10.6 Å². The van der Waals surface area contributed by atoms with Crippen molar-refractivity contribution in [2.75, 3.05) is 11.9 Å². The molecule has 0 saturated heterocycles. The van der Waals surface area contributed by atoms with E-state index in [0.717, 1.165) is 17.8 Å². The summed E-state index contributed by atoms with van der Waals surface area (Å²) in [5.41, 5.74) is 0.352. The predicted molar refractivity (Wildman–Crippen MR) is 66.4 cm³/mol. The summed E-state index contributed by atoms with van der Waals surface area (Å²) in [6, 6.07) is 0. The third-order valence-corrected chi connectivity index (χ3v) is 3.60. The van der Waals surface area contributed by atoms with E-state index in [1.165, 1.54) is 11.3 Å². The molecule has 2 N–H and O–H groups in total. The lowest BCUT2D eigenvalue weighted by Gasteiger charge is -2.22. The molecule has 90 valence electrons. The van der Waals surface area contributed by atoms with Gasteiger partial charge in [-0.3, -0.25) is 0 Å². The van der Waals surface area contributed by atoms with E-state index >= 15 is 0 Å². The van der Waals surface area contributed by atoms with Crippen molar-refractivity contribution in [1.82, 2.24) is 4.98 Å². The van der Waals surface area contributed by atoms with E-state index in [1.807, 2.05) is 0 Å². The molecule has 1 aromatic rings. The lowest BCUT2D eigenvalue weighted by Crippen LogP contribution is -2.21. The molecule has 0 saturated carbocycles. The summed E-state index contributed by atoms with van der Waals surface area (Å²) in [7, 11) is 0. The van der Waals surface area contributed by atoms with E-state index in [2.05, 4.69) is 31.1 Å². The number of aromatic carboxylic acids is 1. The largest absolute Gasteiger partial charge is 0.476 e. The quantitative estimate of drug-likeness (QED) is 0.833. The van der Waals surface area contributed by atoms with E-state index in [4.69, 9.17) is 5.11 Å². The average Bonchev–Trinajstić information content (AvgIpc) is 2.57. The first-order valence-electron chi connectivity index (χ1n) is 5.30. The zero-order valence-corrected chi connectivity index (χ0v) is 10.9. The molecule has 1 aromatic heterocycles. The number of hydrogen-bond donors (Lipinski definition) is 2. The molecule has 1 heterocycles. The van der Waals surface area contributed by atoms with Crippen LogP contribution in [0.3, 0.4) is 0 Å². The lowest BCUT2D eigenvalue weighted by molar-refractivity contribution is 0.0690. The number of carbonyl (C=O) groups is 1. The van der Waals surface area contributed by atoms with Crippen molar-refractivity contribution in [3.8, 4) is 0 Å². The van der Waals surface area contributed by atoms with Gasteiger partial charge in [-0.15, -0.1) is 11.3 Å². The van der Waals surface area contributed by atoms with Gasteiger partial charge < -0.3 is 10.4 Å². The summed E-state index contributed by atoms with van der Waals surface area (Å²) in [5.74, 6) is -0.962. The van der Waals surface area contributed by atoms with Gasteiger partial charge in [-0.25, -0.2) is 9.78 Å². The van der Waals surface area contributed by atoms with Crippen LogP contribution in [-0.4, -0.2) is 22.6 Å². The lowest BCUT2D eigenvalue weighted by atomic mass is 9.90. The van der Waals surface area contributed by atoms with E-state index in [9.17, 15) is 4.79 Å². The van der Waals surface area contributed by atoms with Crippen molar-refractivity contribution in [1.29, 1.82) is 0 Å². The van der Waals surface area contributed by atoms with Gasteiger partial charge in [-0.1, -0.05) is 20.8 Å². The maximum atomic E-state index is 10.8. The summed E-state index contributed by atoms with van der Waals surface area (Å²) in [6.45, 7) is 9.04. The number of carboxylic acid groups (broad SMARTS) is 1. The van der Waals surface area contributed by atoms with Crippen LogP contribution in [0.15, 0.2) is 0 Å². The highest BCUT2D eigenvalue weighted by Crippen LogP contribution is 2.25. The van der Waals surface area contributed by atoms with E-state index in [-0.39, 0.29) is 11.1 Å². The molecule has 0 aliphatic carbocycles. The second kappa shape index (κ2) is 4.82. The normalized spacial score (nSPS) is 11.5. The molecular formula is C11H18N2O2S. The van der Waals surface area contributed by atoms with Crippen molar-refractivity contribution >= 4 is 22.4 Å². The SMILES string of the molecule is CCC(C)(C)CNc1nc(C(=O)O)c(C)s1. The van der Waals surface area contributed by atoms with Crippen LogP contribution in [0, 0.1) is 12.3 Å². The van der Waals surface area contributed by atoms with Crippen molar-refractivity contribution in [2.45, 2.75) is 34.1 Å². The Hall–Kier alpha value is -1.10. The Morgan fingerprint density at radius 1 is 1.56 bits per heavy atom. The van der Waals surface area contributed by atoms with Gasteiger partial charge >= 0.3 is 5.97 Å². The highest BCUT2D eigenvalue weighted by atomic mass is 32.1. The number of aryl methyl sites for hydroxylation is 1. The topological polar surface area (TPSA) is 62.2 Å². The molecule has 16 heavy (non-hydrogen) atoms. The van der Waals surface area contributed by atoms with Crippen LogP contribution in [0.1, 0.15) is 42.6 Å². The Bertz CT molecular complexity index is 385. The molecule has 0 radical (unpaired) electrons. The van der Waals surface area contributed by atoms with Gasteiger partial charge in [0.05, 0.1) is 0 Å². The molecule has 4 nitrogen and oxygen atoms in total. The number of anilines is 1. The van der Waals surface area contributed by atoms with Crippen LogP contribution in [0.25, 0.3) is 0 Å². The van der Waals surface area contributed by atoms with E-state index in [0.29, 0.717) is 5.13 Å². The number of nitrogens with one attached hydrogen (secondary N) is 1. The Morgan fingerprint density at radius 3 is 2.62 bits per heavy atom. The van der Waals surface area contributed by atoms with Crippen LogP contribution in [-0.2, 0) is 0 Å². The van der Waals surface area contributed by atoms with Crippen molar-refractivity contribution < 1.29 is 9.90 Å². The summed E-state index contributed by atoms with van der Waals surface area (Å²) in [4.78, 5) is 15.6. The van der Waals surface area contributed by atoms with Crippen molar-refractivity contribution in [2.24, 2.45) is 5.41 Å². The fourth-order valence-electron chi connectivity index (χ4n) is 1.11. The number of carboxylic acids is 1. The molecule has 1 rings (SSSR count). The first-order chi connectivity index (χ1) is 7.35. The van der Waals surface area contributed by atoms with E-state index < -0.39 is 5.97 Å².